The lowest BCUT2D eigenvalue weighted by Gasteiger charge is -2.29. The summed E-state index contributed by atoms with van der Waals surface area (Å²) in [4.78, 5) is 24.4. The molecule has 0 radical (unpaired) electrons. The van der Waals surface area contributed by atoms with Crippen molar-refractivity contribution in [2.75, 3.05) is 7.11 Å². The molecule has 0 spiro atoms. The van der Waals surface area contributed by atoms with Gasteiger partial charge in [-0.3, -0.25) is 4.79 Å². The number of aryl methyl sites for hydroxylation is 2. The van der Waals surface area contributed by atoms with Crippen molar-refractivity contribution in [3.8, 4) is 0 Å². The van der Waals surface area contributed by atoms with Gasteiger partial charge in [0.05, 0.1) is 13.5 Å². The molecule has 1 aromatic carbocycles. The molecule has 0 aliphatic carbocycles. The van der Waals surface area contributed by atoms with Crippen LogP contribution in [-0.2, 0) is 20.7 Å². The third-order valence-corrected chi connectivity index (χ3v) is 3.72. The summed E-state index contributed by atoms with van der Waals surface area (Å²) in [5.41, 5.74) is 2.23. The summed E-state index contributed by atoms with van der Waals surface area (Å²) in [7, 11) is 1.34. The van der Waals surface area contributed by atoms with Crippen molar-refractivity contribution in [3.05, 3.63) is 34.9 Å². The minimum atomic E-state index is -0.987. The number of ether oxygens (including phenoxy) is 1. The fourth-order valence-electron chi connectivity index (χ4n) is 2.80. The van der Waals surface area contributed by atoms with Gasteiger partial charge in [-0.25, -0.2) is 4.79 Å². The van der Waals surface area contributed by atoms with Gasteiger partial charge in [0.2, 0.25) is 5.91 Å². The van der Waals surface area contributed by atoms with Gasteiger partial charge in [0.25, 0.3) is 0 Å². The van der Waals surface area contributed by atoms with Gasteiger partial charge in [0.1, 0.15) is 5.54 Å². The number of carbonyl (C=O) groups is 2. The molecular weight excluding hydrogens is 278 g/mol. The third kappa shape index (κ3) is 4.86. The Morgan fingerprint density at radius 3 is 2.41 bits per heavy atom. The van der Waals surface area contributed by atoms with E-state index in [1.54, 1.807) is 6.92 Å². The predicted molar refractivity (Wildman–Crippen MR) is 87.6 cm³/mol. The second-order valence-corrected chi connectivity index (χ2v) is 6.58. The Balaban J connectivity index is 2.85. The molecule has 1 rings (SSSR count). The highest BCUT2D eigenvalue weighted by molar-refractivity contribution is 5.88. The molecule has 1 unspecified atom stereocenters. The second-order valence-electron chi connectivity index (χ2n) is 6.58. The summed E-state index contributed by atoms with van der Waals surface area (Å²) in [5.74, 6) is -0.304. The highest BCUT2D eigenvalue weighted by Gasteiger charge is 2.36. The van der Waals surface area contributed by atoms with Gasteiger partial charge in [0.15, 0.2) is 0 Å². The molecule has 22 heavy (non-hydrogen) atoms. The highest BCUT2D eigenvalue weighted by atomic mass is 16.5. The van der Waals surface area contributed by atoms with Crippen molar-refractivity contribution in [1.82, 2.24) is 5.32 Å². The minimum Gasteiger partial charge on any atom is -0.467 e. The van der Waals surface area contributed by atoms with Crippen molar-refractivity contribution in [2.45, 2.75) is 53.0 Å². The quantitative estimate of drug-likeness (QED) is 0.822. The standard InChI is InChI=1S/C18H27NO3/c1-12(2)11-18(5,17(21)22-6)19-16(20)10-15-8-7-13(3)9-14(15)4/h7-9,12H,10-11H2,1-6H3,(H,19,20). The minimum absolute atomic E-state index is 0.166. The SMILES string of the molecule is COC(=O)C(C)(CC(C)C)NC(=O)Cc1ccc(C)cc1C. The topological polar surface area (TPSA) is 55.4 Å². The summed E-state index contributed by atoms with van der Waals surface area (Å²) in [6, 6.07) is 6.00. The maximum atomic E-state index is 12.3. The average Bonchev–Trinajstić information content (AvgIpc) is 2.39. The Hall–Kier alpha value is -1.84. The van der Waals surface area contributed by atoms with Crippen molar-refractivity contribution in [3.63, 3.8) is 0 Å². The molecule has 1 aromatic rings. The van der Waals surface area contributed by atoms with E-state index in [1.165, 1.54) is 12.7 Å². The molecule has 0 saturated carbocycles. The molecule has 1 N–H and O–H groups in total. The number of amides is 1. The Morgan fingerprint density at radius 1 is 1.27 bits per heavy atom. The van der Waals surface area contributed by atoms with Crippen LogP contribution in [0.4, 0.5) is 0 Å². The number of hydrogen-bond acceptors (Lipinski definition) is 3. The molecule has 1 atom stereocenters. The molecule has 0 aliphatic rings. The first-order valence-electron chi connectivity index (χ1n) is 7.63. The number of benzene rings is 1. The van der Waals surface area contributed by atoms with E-state index in [4.69, 9.17) is 4.74 Å². The van der Waals surface area contributed by atoms with E-state index >= 15 is 0 Å². The van der Waals surface area contributed by atoms with E-state index < -0.39 is 11.5 Å². The molecule has 0 heterocycles. The lowest BCUT2D eigenvalue weighted by Crippen LogP contribution is -2.54. The molecule has 0 bridgehead atoms. The Morgan fingerprint density at radius 2 is 1.91 bits per heavy atom. The summed E-state index contributed by atoms with van der Waals surface area (Å²) in [5, 5.41) is 2.85. The van der Waals surface area contributed by atoms with Gasteiger partial charge in [0, 0.05) is 0 Å². The lowest BCUT2D eigenvalue weighted by molar-refractivity contribution is -0.150. The van der Waals surface area contributed by atoms with Gasteiger partial charge in [-0.15, -0.1) is 0 Å². The summed E-state index contributed by atoms with van der Waals surface area (Å²) in [6.07, 6.45) is 0.801. The monoisotopic (exact) mass is 305 g/mol. The first kappa shape index (κ1) is 18.2. The van der Waals surface area contributed by atoms with Crippen molar-refractivity contribution >= 4 is 11.9 Å². The maximum Gasteiger partial charge on any atom is 0.331 e. The smallest absolute Gasteiger partial charge is 0.331 e. The lowest BCUT2D eigenvalue weighted by atomic mass is 9.90. The van der Waals surface area contributed by atoms with Crippen molar-refractivity contribution < 1.29 is 14.3 Å². The molecule has 4 heteroatoms. The number of rotatable bonds is 6. The zero-order chi connectivity index (χ0) is 16.9. The summed E-state index contributed by atoms with van der Waals surface area (Å²) >= 11 is 0. The number of carbonyl (C=O) groups excluding carboxylic acids is 2. The van der Waals surface area contributed by atoms with E-state index in [2.05, 4.69) is 11.4 Å². The van der Waals surface area contributed by atoms with E-state index in [0.29, 0.717) is 6.42 Å². The van der Waals surface area contributed by atoms with Gasteiger partial charge >= 0.3 is 5.97 Å². The number of hydrogen-bond donors (Lipinski definition) is 1. The van der Waals surface area contributed by atoms with Crippen LogP contribution in [0.15, 0.2) is 18.2 Å². The van der Waals surface area contributed by atoms with Crippen LogP contribution in [0.5, 0.6) is 0 Å². The van der Waals surface area contributed by atoms with Crippen LogP contribution in [0.3, 0.4) is 0 Å². The van der Waals surface area contributed by atoms with E-state index in [0.717, 1.165) is 11.1 Å². The predicted octanol–water partition coefficient (Wildman–Crippen LogP) is 2.94. The van der Waals surface area contributed by atoms with Gasteiger partial charge in [-0.2, -0.15) is 0 Å². The van der Waals surface area contributed by atoms with Gasteiger partial charge in [-0.05, 0) is 44.2 Å². The Kier molecular flexibility index (Phi) is 6.15. The van der Waals surface area contributed by atoms with Crippen LogP contribution in [-0.4, -0.2) is 24.5 Å². The van der Waals surface area contributed by atoms with Crippen LogP contribution in [0.1, 0.15) is 43.9 Å². The zero-order valence-electron chi connectivity index (χ0n) is 14.4. The van der Waals surface area contributed by atoms with Crippen LogP contribution < -0.4 is 5.32 Å². The van der Waals surface area contributed by atoms with Gasteiger partial charge < -0.3 is 10.1 Å². The van der Waals surface area contributed by atoms with Crippen LogP contribution in [0, 0.1) is 19.8 Å². The number of methoxy groups -OCH3 is 1. The number of esters is 1. The molecule has 1 amide bonds. The van der Waals surface area contributed by atoms with Crippen LogP contribution >= 0.6 is 0 Å². The average molecular weight is 305 g/mol. The normalized spacial score (nSPS) is 13.6. The molecule has 0 saturated heterocycles. The fourth-order valence-corrected chi connectivity index (χ4v) is 2.80. The molecular formula is C18H27NO3. The Labute approximate surface area is 133 Å². The number of nitrogens with one attached hydrogen (secondary N) is 1. The summed E-state index contributed by atoms with van der Waals surface area (Å²) in [6.45, 7) is 9.75. The second kappa shape index (κ2) is 7.43. The molecule has 0 fully saturated rings. The highest BCUT2D eigenvalue weighted by Crippen LogP contribution is 2.19. The maximum absolute atomic E-state index is 12.3. The first-order valence-corrected chi connectivity index (χ1v) is 7.63. The first-order chi connectivity index (χ1) is 10.2. The van der Waals surface area contributed by atoms with E-state index in [-0.39, 0.29) is 18.2 Å². The van der Waals surface area contributed by atoms with E-state index in [1.807, 2.05) is 39.8 Å². The van der Waals surface area contributed by atoms with E-state index in [9.17, 15) is 9.59 Å². The van der Waals surface area contributed by atoms with Crippen LogP contribution in [0.25, 0.3) is 0 Å². The van der Waals surface area contributed by atoms with Gasteiger partial charge in [-0.1, -0.05) is 37.6 Å². The van der Waals surface area contributed by atoms with Crippen molar-refractivity contribution in [2.24, 2.45) is 5.92 Å². The van der Waals surface area contributed by atoms with Crippen molar-refractivity contribution in [1.29, 1.82) is 0 Å². The largest absolute Gasteiger partial charge is 0.467 e. The van der Waals surface area contributed by atoms with Crippen LogP contribution in [0.2, 0.25) is 0 Å². The Bertz CT molecular complexity index is 551. The molecule has 4 nitrogen and oxygen atoms in total. The summed E-state index contributed by atoms with van der Waals surface area (Å²) < 4.78 is 4.85. The fraction of sp³-hybridized carbons (Fsp3) is 0.556. The molecule has 122 valence electrons. The zero-order valence-corrected chi connectivity index (χ0v) is 14.4. The molecule has 0 aromatic heterocycles. The third-order valence-electron chi connectivity index (χ3n) is 3.72. The molecule has 0 aliphatic heterocycles.